The zero-order chi connectivity index (χ0) is 17.1. The molecule has 0 bridgehead atoms. The molecule has 0 aliphatic carbocycles. The molecule has 1 aromatic carbocycles. The number of Topliss-reactive ketones (excluding diaryl/α,β-unsaturated/α-hetero) is 1. The number of nitrogens with zero attached hydrogens (tertiary/aromatic N) is 2. The van der Waals surface area contributed by atoms with Crippen molar-refractivity contribution in [2.75, 3.05) is 6.54 Å². The van der Waals surface area contributed by atoms with Crippen LogP contribution < -0.4 is 5.32 Å². The van der Waals surface area contributed by atoms with Gasteiger partial charge in [0.25, 0.3) is 5.69 Å². The van der Waals surface area contributed by atoms with Crippen LogP contribution in [0.2, 0.25) is 0 Å². The molecule has 2 amide bonds. The first-order valence-corrected chi connectivity index (χ1v) is 7.01. The van der Waals surface area contributed by atoms with Gasteiger partial charge in [-0.2, -0.15) is 0 Å². The van der Waals surface area contributed by atoms with Crippen molar-refractivity contribution in [3.05, 3.63) is 63.9 Å². The summed E-state index contributed by atoms with van der Waals surface area (Å²) in [5, 5.41) is 13.7. The molecule has 0 fully saturated rings. The highest BCUT2D eigenvalue weighted by atomic mass is 16.6. The zero-order valence-electron chi connectivity index (χ0n) is 12.9. The molecule has 1 heterocycles. The van der Waals surface area contributed by atoms with Crippen LogP contribution in [-0.2, 0) is 4.79 Å². The Hall–Kier alpha value is -2.96. The Morgan fingerprint density at radius 1 is 1.52 bits per heavy atom. The second kappa shape index (κ2) is 6.43. The van der Waals surface area contributed by atoms with E-state index in [1.54, 1.807) is 19.1 Å². The van der Waals surface area contributed by atoms with Gasteiger partial charge in [0.2, 0.25) is 0 Å². The maximum Gasteiger partial charge on any atom is 0.322 e. The van der Waals surface area contributed by atoms with Crippen LogP contribution in [0.3, 0.4) is 0 Å². The van der Waals surface area contributed by atoms with E-state index in [0.29, 0.717) is 16.8 Å². The van der Waals surface area contributed by atoms with Crippen LogP contribution in [-0.4, -0.2) is 28.2 Å². The number of nitro groups is 1. The van der Waals surface area contributed by atoms with E-state index in [4.69, 9.17) is 0 Å². The fourth-order valence-corrected chi connectivity index (χ4v) is 2.66. The van der Waals surface area contributed by atoms with Crippen LogP contribution >= 0.6 is 0 Å². The molecule has 1 atom stereocenters. The average Bonchev–Trinajstić information content (AvgIpc) is 2.50. The molecule has 1 N–H and O–H groups in total. The second-order valence-electron chi connectivity index (χ2n) is 5.19. The van der Waals surface area contributed by atoms with Gasteiger partial charge < -0.3 is 5.32 Å². The first-order valence-electron chi connectivity index (χ1n) is 7.01. The van der Waals surface area contributed by atoms with E-state index in [9.17, 15) is 19.7 Å². The van der Waals surface area contributed by atoms with Gasteiger partial charge in [-0.25, -0.2) is 4.79 Å². The average molecular weight is 315 g/mol. The molecular weight excluding hydrogens is 298 g/mol. The van der Waals surface area contributed by atoms with Crippen molar-refractivity contribution in [2.24, 2.45) is 0 Å². The number of nitrogens with one attached hydrogen (secondary N) is 1. The molecule has 0 radical (unpaired) electrons. The summed E-state index contributed by atoms with van der Waals surface area (Å²) in [6.45, 7) is 6.96. The lowest BCUT2D eigenvalue weighted by atomic mass is 9.92. The Morgan fingerprint density at radius 3 is 2.78 bits per heavy atom. The van der Waals surface area contributed by atoms with Crippen LogP contribution in [0, 0.1) is 10.1 Å². The van der Waals surface area contributed by atoms with Gasteiger partial charge in [0.15, 0.2) is 5.78 Å². The Balaban J connectivity index is 2.55. The van der Waals surface area contributed by atoms with Gasteiger partial charge in [0.05, 0.1) is 11.0 Å². The number of nitro benzene ring substituents is 1. The van der Waals surface area contributed by atoms with Crippen LogP contribution in [0.5, 0.6) is 0 Å². The number of urea groups is 1. The number of hydrogen-bond acceptors (Lipinski definition) is 4. The molecule has 1 aliphatic heterocycles. The summed E-state index contributed by atoms with van der Waals surface area (Å²) in [6.07, 6.45) is 1.56. The monoisotopic (exact) mass is 315 g/mol. The third-order valence-corrected chi connectivity index (χ3v) is 3.70. The number of benzene rings is 1. The second-order valence-corrected chi connectivity index (χ2v) is 5.19. The van der Waals surface area contributed by atoms with E-state index in [0.717, 1.165) is 0 Å². The van der Waals surface area contributed by atoms with E-state index in [1.165, 1.54) is 30.0 Å². The van der Waals surface area contributed by atoms with Crippen molar-refractivity contribution in [1.29, 1.82) is 0 Å². The molecule has 0 aromatic heterocycles. The number of allylic oxidation sites excluding steroid dienone is 1. The summed E-state index contributed by atoms with van der Waals surface area (Å²) < 4.78 is 0. The van der Waals surface area contributed by atoms with Gasteiger partial charge in [-0.3, -0.25) is 19.8 Å². The van der Waals surface area contributed by atoms with Crippen LogP contribution in [0.15, 0.2) is 48.2 Å². The lowest BCUT2D eigenvalue weighted by Crippen LogP contribution is -2.47. The number of hydrogen-bond donors (Lipinski definition) is 1. The Kier molecular flexibility index (Phi) is 4.59. The minimum Gasteiger partial charge on any atom is -0.327 e. The molecule has 1 unspecified atom stereocenters. The van der Waals surface area contributed by atoms with E-state index in [2.05, 4.69) is 11.9 Å². The number of ketones is 1. The molecule has 1 aromatic rings. The Bertz CT molecular complexity index is 724. The summed E-state index contributed by atoms with van der Waals surface area (Å²) in [6, 6.07) is 4.83. The van der Waals surface area contributed by atoms with E-state index in [-0.39, 0.29) is 24.0 Å². The summed E-state index contributed by atoms with van der Waals surface area (Å²) in [4.78, 5) is 36.2. The molecule has 7 nitrogen and oxygen atoms in total. The van der Waals surface area contributed by atoms with E-state index < -0.39 is 11.0 Å². The third-order valence-electron chi connectivity index (χ3n) is 3.70. The molecule has 0 saturated carbocycles. The van der Waals surface area contributed by atoms with E-state index >= 15 is 0 Å². The highest BCUT2D eigenvalue weighted by Gasteiger charge is 2.34. The largest absolute Gasteiger partial charge is 0.327 e. The van der Waals surface area contributed by atoms with Crippen molar-refractivity contribution in [2.45, 2.75) is 19.9 Å². The maximum atomic E-state index is 12.3. The fourth-order valence-electron chi connectivity index (χ4n) is 2.66. The number of carbonyl (C=O) groups is 2. The number of rotatable bonds is 5. The SMILES string of the molecule is C=CCN1C(=O)NC(c2cccc([N+](=O)[O-])c2)C(C(C)=O)=C1C. The lowest BCUT2D eigenvalue weighted by molar-refractivity contribution is -0.384. The fraction of sp³-hybridized carbons (Fsp3) is 0.250. The van der Waals surface area contributed by atoms with Gasteiger partial charge in [-0.1, -0.05) is 18.2 Å². The minimum atomic E-state index is -0.707. The summed E-state index contributed by atoms with van der Waals surface area (Å²) in [7, 11) is 0. The van der Waals surface area contributed by atoms with Gasteiger partial charge in [-0.05, 0) is 19.4 Å². The number of carbonyl (C=O) groups excluding carboxylic acids is 2. The summed E-state index contributed by atoms with van der Waals surface area (Å²) in [5.74, 6) is -0.201. The third kappa shape index (κ3) is 3.13. The van der Waals surface area contributed by atoms with Crippen molar-refractivity contribution in [3.8, 4) is 0 Å². The first kappa shape index (κ1) is 16.4. The van der Waals surface area contributed by atoms with Crippen molar-refractivity contribution in [1.82, 2.24) is 10.2 Å². The highest BCUT2D eigenvalue weighted by Crippen LogP contribution is 2.32. The van der Waals surface area contributed by atoms with Gasteiger partial charge in [0.1, 0.15) is 0 Å². The van der Waals surface area contributed by atoms with Crippen LogP contribution in [0.25, 0.3) is 0 Å². The molecule has 1 aliphatic rings. The topological polar surface area (TPSA) is 92.6 Å². The van der Waals surface area contributed by atoms with Gasteiger partial charge in [0, 0.05) is 29.9 Å². The van der Waals surface area contributed by atoms with Crippen LogP contribution in [0.4, 0.5) is 10.5 Å². The zero-order valence-corrected chi connectivity index (χ0v) is 12.9. The van der Waals surface area contributed by atoms with Crippen molar-refractivity contribution >= 4 is 17.5 Å². The minimum absolute atomic E-state index is 0.0918. The molecule has 0 saturated heterocycles. The maximum absolute atomic E-state index is 12.3. The number of amides is 2. The van der Waals surface area contributed by atoms with Gasteiger partial charge in [-0.15, -0.1) is 6.58 Å². The van der Waals surface area contributed by atoms with E-state index in [1.807, 2.05) is 0 Å². The predicted octanol–water partition coefficient (Wildman–Crippen LogP) is 2.71. The Morgan fingerprint density at radius 2 is 2.22 bits per heavy atom. The normalized spacial score (nSPS) is 17.7. The highest BCUT2D eigenvalue weighted by molar-refractivity contribution is 5.98. The predicted molar refractivity (Wildman–Crippen MR) is 84.7 cm³/mol. The smallest absolute Gasteiger partial charge is 0.322 e. The molecule has 7 heteroatoms. The number of non-ortho nitro benzene ring substituents is 1. The quantitative estimate of drug-likeness (QED) is 0.513. The first-order chi connectivity index (χ1) is 10.9. The molecule has 2 rings (SSSR count). The molecule has 0 spiro atoms. The molecular formula is C16H17N3O4. The van der Waals surface area contributed by atoms with Crippen molar-refractivity contribution < 1.29 is 14.5 Å². The molecule has 120 valence electrons. The standard InChI is InChI=1S/C16H17N3O4/c1-4-8-18-10(2)14(11(3)20)15(17-16(18)21)12-6-5-7-13(9-12)19(22)23/h4-7,9,15H,1,8H2,2-3H3,(H,17,21). The summed E-state index contributed by atoms with van der Waals surface area (Å²) in [5.41, 5.74) is 1.34. The van der Waals surface area contributed by atoms with Gasteiger partial charge >= 0.3 is 6.03 Å². The Labute approximate surface area is 133 Å². The van der Waals surface area contributed by atoms with Crippen LogP contribution in [0.1, 0.15) is 25.5 Å². The summed E-state index contributed by atoms with van der Waals surface area (Å²) >= 11 is 0. The lowest BCUT2D eigenvalue weighted by Gasteiger charge is -2.35. The molecule has 23 heavy (non-hydrogen) atoms. The van der Waals surface area contributed by atoms with Crippen molar-refractivity contribution in [3.63, 3.8) is 0 Å².